The van der Waals surface area contributed by atoms with E-state index in [1.165, 1.54) is 5.56 Å². The molecule has 1 aromatic heterocycles. The highest BCUT2D eigenvalue weighted by Gasteiger charge is 2.15. The van der Waals surface area contributed by atoms with Gasteiger partial charge in [-0.2, -0.15) is 0 Å². The molecule has 0 spiro atoms. The molecule has 0 saturated carbocycles. The monoisotopic (exact) mass is 253 g/mol. The lowest BCUT2D eigenvalue weighted by Crippen LogP contribution is -2.13. The van der Waals surface area contributed by atoms with Crippen molar-refractivity contribution in [2.75, 3.05) is 17.6 Å². The van der Waals surface area contributed by atoms with Gasteiger partial charge in [-0.3, -0.25) is 4.79 Å². The Labute approximate surface area is 111 Å². The lowest BCUT2D eigenvalue weighted by molar-refractivity contribution is 0.103. The molecule has 0 unspecified atom stereocenters. The molecule has 2 heterocycles. The maximum atomic E-state index is 12.4. The highest BCUT2D eigenvalue weighted by atomic mass is 16.1. The van der Waals surface area contributed by atoms with E-state index in [0.29, 0.717) is 11.1 Å². The van der Waals surface area contributed by atoms with Gasteiger partial charge in [0.05, 0.1) is 5.56 Å². The van der Waals surface area contributed by atoms with Crippen LogP contribution >= 0.6 is 0 Å². The van der Waals surface area contributed by atoms with Crippen LogP contribution in [0.5, 0.6) is 0 Å². The van der Waals surface area contributed by atoms with Crippen molar-refractivity contribution in [1.29, 1.82) is 0 Å². The number of pyridine rings is 1. The average molecular weight is 253 g/mol. The molecule has 1 aromatic carbocycles. The molecule has 0 saturated heterocycles. The summed E-state index contributed by atoms with van der Waals surface area (Å²) in [7, 11) is 0. The lowest BCUT2D eigenvalue weighted by atomic mass is 9.97. The van der Waals surface area contributed by atoms with Gasteiger partial charge in [-0.05, 0) is 48.7 Å². The van der Waals surface area contributed by atoms with Gasteiger partial charge in [-0.15, -0.1) is 0 Å². The van der Waals surface area contributed by atoms with Gasteiger partial charge in [0.15, 0.2) is 5.78 Å². The number of ketones is 1. The van der Waals surface area contributed by atoms with Gasteiger partial charge in [0.25, 0.3) is 0 Å². The first-order valence-corrected chi connectivity index (χ1v) is 6.38. The van der Waals surface area contributed by atoms with Crippen LogP contribution in [0.4, 0.5) is 11.5 Å². The number of nitrogen functional groups attached to an aromatic ring is 1. The van der Waals surface area contributed by atoms with E-state index in [1.807, 2.05) is 18.2 Å². The molecule has 0 aliphatic carbocycles. The van der Waals surface area contributed by atoms with Crippen LogP contribution in [0.25, 0.3) is 0 Å². The van der Waals surface area contributed by atoms with E-state index in [1.54, 1.807) is 18.3 Å². The van der Waals surface area contributed by atoms with E-state index in [-0.39, 0.29) is 11.6 Å². The first kappa shape index (κ1) is 11.7. The summed E-state index contributed by atoms with van der Waals surface area (Å²) < 4.78 is 0. The van der Waals surface area contributed by atoms with Crippen LogP contribution in [0.1, 0.15) is 27.9 Å². The number of hydrogen-bond acceptors (Lipinski definition) is 4. The molecule has 1 aliphatic rings. The molecule has 19 heavy (non-hydrogen) atoms. The van der Waals surface area contributed by atoms with Gasteiger partial charge in [-0.25, -0.2) is 4.98 Å². The van der Waals surface area contributed by atoms with Crippen molar-refractivity contribution in [1.82, 2.24) is 4.98 Å². The Hall–Kier alpha value is -2.36. The van der Waals surface area contributed by atoms with Gasteiger partial charge in [0.1, 0.15) is 5.82 Å². The Kier molecular flexibility index (Phi) is 2.91. The smallest absolute Gasteiger partial charge is 0.196 e. The van der Waals surface area contributed by atoms with Gasteiger partial charge in [0.2, 0.25) is 0 Å². The largest absolute Gasteiger partial charge is 0.385 e. The van der Waals surface area contributed by atoms with Crippen LogP contribution in [0.2, 0.25) is 0 Å². The highest BCUT2D eigenvalue weighted by Crippen LogP contribution is 2.24. The molecule has 0 radical (unpaired) electrons. The first-order chi connectivity index (χ1) is 9.25. The first-order valence-electron chi connectivity index (χ1n) is 6.38. The summed E-state index contributed by atoms with van der Waals surface area (Å²) in [6.45, 7) is 0.996. The van der Waals surface area contributed by atoms with Crippen molar-refractivity contribution >= 4 is 17.3 Å². The molecule has 3 rings (SSSR count). The van der Waals surface area contributed by atoms with Crippen molar-refractivity contribution in [3.8, 4) is 0 Å². The van der Waals surface area contributed by atoms with Crippen LogP contribution < -0.4 is 11.1 Å². The zero-order valence-corrected chi connectivity index (χ0v) is 10.5. The summed E-state index contributed by atoms with van der Waals surface area (Å²) in [5, 5.41) is 3.33. The molecule has 0 atom stereocenters. The minimum absolute atomic E-state index is 0.0704. The molecule has 4 heteroatoms. The SMILES string of the molecule is Nc1ncccc1C(=O)c1ccc2c(c1)CCCN2. The predicted molar refractivity (Wildman–Crippen MR) is 75.3 cm³/mol. The third-order valence-electron chi connectivity index (χ3n) is 3.39. The molecule has 0 amide bonds. The second kappa shape index (κ2) is 4.72. The van der Waals surface area contributed by atoms with Crippen molar-refractivity contribution < 1.29 is 4.79 Å². The van der Waals surface area contributed by atoms with Crippen molar-refractivity contribution in [2.24, 2.45) is 0 Å². The molecule has 1 aliphatic heterocycles. The number of aryl methyl sites for hydroxylation is 1. The molecule has 4 nitrogen and oxygen atoms in total. The second-order valence-electron chi connectivity index (χ2n) is 4.67. The quantitative estimate of drug-likeness (QED) is 0.805. The number of nitrogens with one attached hydrogen (secondary N) is 1. The Morgan fingerprint density at radius 1 is 1.32 bits per heavy atom. The number of nitrogens with two attached hydrogens (primary N) is 1. The summed E-state index contributed by atoms with van der Waals surface area (Å²) in [6.07, 6.45) is 3.69. The molecule has 0 fully saturated rings. The van der Waals surface area contributed by atoms with Gasteiger partial charge in [0, 0.05) is 24.0 Å². The molecule has 2 aromatic rings. The molecule has 0 bridgehead atoms. The average Bonchev–Trinajstić information content (AvgIpc) is 2.46. The third-order valence-corrected chi connectivity index (χ3v) is 3.39. The van der Waals surface area contributed by atoms with E-state index in [9.17, 15) is 4.79 Å². The number of nitrogens with zero attached hydrogens (tertiary/aromatic N) is 1. The molecule has 3 N–H and O–H groups in total. The van der Waals surface area contributed by atoms with E-state index < -0.39 is 0 Å². The highest BCUT2D eigenvalue weighted by molar-refractivity contribution is 6.11. The van der Waals surface area contributed by atoms with Crippen molar-refractivity contribution in [3.63, 3.8) is 0 Å². The Balaban J connectivity index is 1.98. The number of anilines is 2. The van der Waals surface area contributed by atoms with Crippen LogP contribution in [0.3, 0.4) is 0 Å². The Morgan fingerprint density at radius 2 is 2.21 bits per heavy atom. The van der Waals surface area contributed by atoms with E-state index in [4.69, 9.17) is 5.73 Å². The number of carbonyl (C=O) groups excluding carboxylic acids is 1. The molecule has 96 valence electrons. The van der Waals surface area contributed by atoms with E-state index >= 15 is 0 Å². The van der Waals surface area contributed by atoms with Gasteiger partial charge < -0.3 is 11.1 Å². The van der Waals surface area contributed by atoms with E-state index in [0.717, 1.165) is 25.1 Å². The summed E-state index contributed by atoms with van der Waals surface area (Å²) in [6, 6.07) is 9.20. The number of fused-ring (bicyclic) bond motifs is 1. The Bertz CT molecular complexity index is 637. The summed E-state index contributed by atoms with van der Waals surface area (Å²) in [4.78, 5) is 16.4. The number of benzene rings is 1. The topological polar surface area (TPSA) is 68.0 Å². The van der Waals surface area contributed by atoms with Crippen LogP contribution in [0, 0.1) is 0 Å². The fraction of sp³-hybridized carbons (Fsp3) is 0.200. The number of hydrogen-bond donors (Lipinski definition) is 2. The normalized spacial score (nSPS) is 13.5. The van der Waals surface area contributed by atoms with Crippen molar-refractivity contribution in [2.45, 2.75) is 12.8 Å². The number of carbonyl (C=O) groups is 1. The Morgan fingerprint density at radius 3 is 3.05 bits per heavy atom. The van der Waals surface area contributed by atoms with E-state index in [2.05, 4.69) is 10.3 Å². The maximum Gasteiger partial charge on any atom is 0.196 e. The van der Waals surface area contributed by atoms with Crippen LogP contribution in [-0.4, -0.2) is 17.3 Å². The minimum Gasteiger partial charge on any atom is -0.385 e. The second-order valence-corrected chi connectivity index (χ2v) is 4.67. The predicted octanol–water partition coefficient (Wildman–Crippen LogP) is 2.25. The van der Waals surface area contributed by atoms with Gasteiger partial charge in [-0.1, -0.05) is 0 Å². The fourth-order valence-electron chi connectivity index (χ4n) is 2.38. The maximum absolute atomic E-state index is 12.4. The number of aromatic nitrogens is 1. The van der Waals surface area contributed by atoms with Crippen LogP contribution in [-0.2, 0) is 6.42 Å². The molecular formula is C15H15N3O. The lowest BCUT2D eigenvalue weighted by Gasteiger charge is -2.18. The van der Waals surface area contributed by atoms with Crippen molar-refractivity contribution in [3.05, 3.63) is 53.2 Å². The van der Waals surface area contributed by atoms with Crippen LogP contribution in [0.15, 0.2) is 36.5 Å². The minimum atomic E-state index is -0.0704. The summed E-state index contributed by atoms with van der Waals surface area (Å²) in [5.74, 6) is 0.210. The summed E-state index contributed by atoms with van der Waals surface area (Å²) >= 11 is 0. The standard InChI is InChI=1S/C15H15N3O/c16-15-12(4-2-8-18-15)14(19)11-5-6-13-10(9-11)3-1-7-17-13/h2,4-6,8-9,17H,1,3,7H2,(H2,16,18). The fourth-order valence-corrected chi connectivity index (χ4v) is 2.38. The number of rotatable bonds is 2. The summed E-state index contributed by atoms with van der Waals surface area (Å²) in [5.41, 5.74) is 9.21. The zero-order chi connectivity index (χ0) is 13.2. The zero-order valence-electron chi connectivity index (χ0n) is 10.5. The van der Waals surface area contributed by atoms with Gasteiger partial charge >= 0.3 is 0 Å². The molecular weight excluding hydrogens is 238 g/mol. The third kappa shape index (κ3) is 2.17.